The smallest absolute Gasteiger partial charge is 0.318 e. The second-order valence-electron chi connectivity index (χ2n) is 5.69. The molecule has 7 nitrogen and oxygen atoms in total. The Balaban J connectivity index is 1.77. The summed E-state index contributed by atoms with van der Waals surface area (Å²) in [6, 6.07) is 0.758. The van der Waals surface area contributed by atoms with Gasteiger partial charge in [0.25, 0.3) is 0 Å². The molecule has 1 aromatic heterocycles. The third-order valence-electron chi connectivity index (χ3n) is 4.36. The van der Waals surface area contributed by atoms with Gasteiger partial charge in [0.15, 0.2) is 0 Å². The minimum Gasteiger partial charge on any atom is -0.408 e. The van der Waals surface area contributed by atoms with Crippen molar-refractivity contribution in [2.24, 2.45) is 5.92 Å². The summed E-state index contributed by atoms with van der Waals surface area (Å²) in [7, 11) is 1.66. The van der Waals surface area contributed by atoms with Gasteiger partial charge >= 0.3 is 6.01 Å². The molecule has 2 bridgehead atoms. The van der Waals surface area contributed by atoms with Crippen LogP contribution in [0.15, 0.2) is 4.42 Å². The second-order valence-corrected chi connectivity index (χ2v) is 5.69. The summed E-state index contributed by atoms with van der Waals surface area (Å²) < 4.78 is 10.8. The Morgan fingerprint density at radius 3 is 2.90 bits per heavy atom. The van der Waals surface area contributed by atoms with Crippen molar-refractivity contribution in [2.45, 2.75) is 32.2 Å². The molecule has 3 saturated heterocycles. The van der Waals surface area contributed by atoms with Crippen molar-refractivity contribution in [3.63, 3.8) is 0 Å². The minimum absolute atomic E-state index is 0.0255. The number of nitrogens with zero attached hydrogens (tertiary/aromatic N) is 4. The zero-order chi connectivity index (χ0) is 14.8. The van der Waals surface area contributed by atoms with Gasteiger partial charge in [-0.2, -0.15) is 0 Å². The Morgan fingerprint density at radius 2 is 2.19 bits per heavy atom. The number of fused-ring (bicyclic) bond motifs is 4. The first-order valence-electron chi connectivity index (χ1n) is 7.59. The van der Waals surface area contributed by atoms with Gasteiger partial charge in [0.05, 0.1) is 12.5 Å². The lowest BCUT2D eigenvalue weighted by atomic mass is 9.94. The molecule has 4 rings (SSSR count). The molecule has 1 aromatic rings. The number of anilines is 1. The molecule has 4 heterocycles. The number of rotatable bonds is 5. The van der Waals surface area contributed by atoms with Gasteiger partial charge in [-0.3, -0.25) is 4.79 Å². The number of carbonyl (C=O) groups is 1. The highest BCUT2D eigenvalue weighted by atomic mass is 16.5. The maximum Gasteiger partial charge on any atom is 0.318 e. The lowest BCUT2D eigenvalue weighted by Crippen LogP contribution is -2.49. The van der Waals surface area contributed by atoms with E-state index in [0.29, 0.717) is 31.6 Å². The average molecular weight is 294 g/mol. The first kappa shape index (κ1) is 14.3. The lowest BCUT2D eigenvalue weighted by Gasteiger charge is -2.35. The highest BCUT2D eigenvalue weighted by molar-refractivity contribution is 5.81. The number of methoxy groups -OCH3 is 1. The summed E-state index contributed by atoms with van der Waals surface area (Å²) in [5.74, 6) is 0.905. The van der Waals surface area contributed by atoms with E-state index in [1.54, 1.807) is 7.11 Å². The van der Waals surface area contributed by atoms with Gasteiger partial charge in [0, 0.05) is 39.2 Å². The number of amides is 1. The quantitative estimate of drug-likeness (QED) is 0.796. The normalized spacial score (nSPS) is 25.5. The third-order valence-corrected chi connectivity index (χ3v) is 4.36. The topological polar surface area (TPSA) is 71.7 Å². The van der Waals surface area contributed by atoms with Crippen molar-refractivity contribution < 1.29 is 13.9 Å². The Bertz CT molecular complexity index is 504. The first-order valence-corrected chi connectivity index (χ1v) is 7.59. The van der Waals surface area contributed by atoms with Crippen LogP contribution in [0.1, 0.15) is 25.7 Å². The van der Waals surface area contributed by atoms with E-state index in [1.165, 1.54) is 0 Å². The Morgan fingerprint density at radius 1 is 1.33 bits per heavy atom. The van der Waals surface area contributed by atoms with Crippen LogP contribution in [0, 0.1) is 5.92 Å². The molecule has 0 unspecified atom stereocenters. The fourth-order valence-electron chi connectivity index (χ4n) is 3.20. The number of carbonyl (C=O) groups excluding carboxylic acids is 1. The van der Waals surface area contributed by atoms with E-state index in [9.17, 15) is 4.79 Å². The largest absolute Gasteiger partial charge is 0.408 e. The van der Waals surface area contributed by atoms with Crippen LogP contribution in [0.2, 0.25) is 0 Å². The molecule has 3 fully saturated rings. The molecule has 3 aliphatic rings. The SMILES string of the molecule is CCc1nnc(N2C[C@H]3CC[C@@H](C2)N(CCOC)C3=O)o1. The van der Waals surface area contributed by atoms with E-state index in [4.69, 9.17) is 9.15 Å². The number of piperidine rings is 1. The van der Waals surface area contributed by atoms with Crippen LogP contribution in [0.4, 0.5) is 6.01 Å². The molecule has 1 amide bonds. The summed E-state index contributed by atoms with van der Waals surface area (Å²) in [5.41, 5.74) is 0. The molecule has 7 heteroatoms. The number of ether oxygens (including phenoxy) is 1. The van der Waals surface area contributed by atoms with Crippen LogP contribution in [-0.2, 0) is 16.0 Å². The Labute approximate surface area is 124 Å². The van der Waals surface area contributed by atoms with E-state index in [0.717, 1.165) is 25.8 Å². The molecule has 3 aliphatic heterocycles. The van der Waals surface area contributed by atoms with Crippen LogP contribution in [-0.4, -0.2) is 60.4 Å². The van der Waals surface area contributed by atoms with E-state index in [2.05, 4.69) is 15.1 Å². The zero-order valence-corrected chi connectivity index (χ0v) is 12.6. The molecule has 0 aliphatic carbocycles. The molecule has 21 heavy (non-hydrogen) atoms. The van der Waals surface area contributed by atoms with Crippen LogP contribution < -0.4 is 4.90 Å². The van der Waals surface area contributed by atoms with Crippen molar-refractivity contribution >= 4 is 11.9 Å². The summed E-state index contributed by atoms with van der Waals surface area (Å²) in [6.45, 7) is 4.66. The second kappa shape index (κ2) is 6.01. The van der Waals surface area contributed by atoms with E-state index in [1.807, 2.05) is 11.8 Å². The van der Waals surface area contributed by atoms with Crippen LogP contribution in [0.25, 0.3) is 0 Å². The van der Waals surface area contributed by atoms with Gasteiger partial charge in [-0.05, 0) is 12.8 Å². The van der Waals surface area contributed by atoms with Crippen molar-refractivity contribution in [2.75, 3.05) is 38.3 Å². The zero-order valence-electron chi connectivity index (χ0n) is 12.6. The molecular weight excluding hydrogens is 272 g/mol. The molecule has 0 saturated carbocycles. The molecule has 0 spiro atoms. The van der Waals surface area contributed by atoms with E-state index >= 15 is 0 Å². The van der Waals surface area contributed by atoms with Crippen LogP contribution in [0.3, 0.4) is 0 Å². The monoisotopic (exact) mass is 294 g/mol. The van der Waals surface area contributed by atoms with Crippen molar-refractivity contribution in [1.82, 2.24) is 15.1 Å². The van der Waals surface area contributed by atoms with Crippen molar-refractivity contribution in [1.29, 1.82) is 0 Å². The molecule has 0 aromatic carbocycles. The summed E-state index contributed by atoms with van der Waals surface area (Å²) in [4.78, 5) is 16.6. The number of hydrogen-bond acceptors (Lipinski definition) is 6. The molecule has 116 valence electrons. The van der Waals surface area contributed by atoms with Crippen molar-refractivity contribution in [3.05, 3.63) is 5.89 Å². The minimum atomic E-state index is 0.0255. The Kier molecular flexibility index (Phi) is 4.10. The van der Waals surface area contributed by atoms with Crippen LogP contribution >= 0.6 is 0 Å². The summed E-state index contributed by atoms with van der Waals surface area (Å²) in [6.07, 6.45) is 2.70. The standard InChI is InChI=1S/C14H22N4O3/c1-3-12-15-16-14(21-12)17-8-10-4-5-11(9-17)18(13(10)19)6-7-20-2/h10-11H,3-9H2,1-2H3/t10-,11+/m1/s1. The molecule has 2 atom stereocenters. The maximum atomic E-state index is 12.5. The van der Waals surface area contributed by atoms with Gasteiger partial charge in [-0.25, -0.2) is 0 Å². The average Bonchev–Trinajstić information content (AvgIpc) is 2.82. The molecule has 0 N–H and O–H groups in total. The summed E-state index contributed by atoms with van der Waals surface area (Å²) >= 11 is 0. The predicted molar refractivity (Wildman–Crippen MR) is 76.0 cm³/mol. The van der Waals surface area contributed by atoms with Gasteiger partial charge in [0.2, 0.25) is 11.8 Å². The van der Waals surface area contributed by atoms with Gasteiger partial charge in [-0.1, -0.05) is 12.0 Å². The van der Waals surface area contributed by atoms with E-state index in [-0.39, 0.29) is 17.9 Å². The van der Waals surface area contributed by atoms with Gasteiger partial charge in [-0.15, -0.1) is 5.10 Å². The third kappa shape index (κ3) is 2.74. The highest BCUT2D eigenvalue weighted by Crippen LogP contribution is 2.31. The van der Waals surface area contributed by atoms with Gasteiger partial charge in [0.1, 0.15) is 0 Å². The van der Waals surface area contributed by atoms with Crippen molar-refractivity contribution in [3.8, 4) is 0 Å². The lowest BCUT2D eigenvalue weighted by molar-refractivity contribution is -0.140. The molecule has 0 radical (unpaired) electrons. The fraction of sp³-hybridized carbons (Fsp3) is 0.786. The first-order chi connectivity index (χ1) is 10.2. The molecular formula is C14H22N4O3. The highest BCUT2D eigenvalue weighted by Gasteiger charge is 2.41. The number of aryl methyl sites for hydroxylation is 1. The summed E-state index contributed by atoms with van der Waals surface area (Å²) in [5, 5.41) is 8.14. The van der Waals surface area contributed by atoms with Crippen LogP contribution in [0.5, 0.6) is 0 Å². The number of aromatic nitrogens is 2. The number of hydrogen-bond donors (Lipinski definition) is 0. The van der Waals surface area contributed by atoms with Gasteiger partial charge < -0.3 is 19.0 Å². The Hall–Kier alpha value is -1.63. The fourth-order valence-corrected chi connectivity index (χ4v) is 3.20. The predicted octanol–water partition coefficient (Wildman–Crippen LogP) is 0.706. The maximum absolute atomic E-state index is 12.5. The van der Waals surface area contributed by atoms with E-state index < -0.39 is 0 Å².